The molecule has 0 saturated carbocycles. The molecule has 22 heavy (non-hydrogen) atoms. The molecular weight excluding hydrogens is 285 g/mol. The molecule has 2 rings (SSSR count). The summed E-state index contributed by atoms with van der Waals surface area (Å²) in [6.45, 7) is 9.59. The molecule has 0 aromatic carbocycles. The van der Waals surface area contributed by atoms with Crippen LogP contribution in [0.2, 0.25) is 0 Å². The normalized spacial score (nSPS) is 19.3. The highest BCUT2D eigenvalue weighted by atomic mass is 16.7. The number of esters is 1. The van der Waals surface area contributed by atoms with Crippen molar-refractivity contribution in [3.8, 4) is 0 Å². The Kier molecular flexibility index (Phi) is 4.00. The molecule has 0 spiro atoms. The summed E-state index contributed by atoms with van der Waals surface area (Å²) in [6.07, 6.45) is 0. The van der Waals surface area contributed by atoms with Gasteiger partial charge in [-0.3, -0.25) is 4.79 Å². The van der Waals surface area contributed by atoms with Crippen molar-refractivity contribution in [1.29, 1.82) is 0 Å². The Morgan fingerprint density at radius 1 is 1.23 bits per heavy atom. The zero-order valence-electron chi connectivity index (χ0n) is 14.1. The zero-order chi connectivity index (χ0) is 16.9. The van der Waals surface area contributed by atoms with Crippen LogP contribution in [0, 0.1) is 6.92 Å². The molecule has 0 atom stereocenters. The van der Waals surface area contributed by atoms with Gasteiger partial charge in [0.15, 0.2) is 0 Å². The average molecular weight is 307 g/mol. The first kappa shape index (κ1) is 16.8. The van der Waals surface area contributed by atoms with Crippen molar-refractivity contribution in [1.82, 2.24) is 4.57 Å². The molecule has 0 amide bonds. The van der Waals surface area contributed by atoms with Gasteiger partial charge in [0.25, 0.3) is 5.56 Å². The molecule has 0 radical (unpaired) electrons. The van der Waals surface area contributed by atoms with E-state index in [1.165, 1.54) is 17.7 Å². The number of pyridine rings is 1. The summed E-state index contributed by atoms with van der Waals surface area (Å²) in [5.74, 6) is -0.668. The van der Waals surface area contributed by atoms with Gasteiger partial charge in [0.2, 0.25) is 0 Å². The van der Waals surface area contributed by atoms with E-state index in [1.807, 2.05) is 27.7 Å². The van der Waals surface area contributed by atoms with Gasteiger partial charge in [-0.2, -0.15) is 0 Å². The van der Waals surface area contributed by atoms with E-state index in [4.69, 9.17) is 9.31 Å². The third kappa shape index (κ3) is 2.48. The minimum Gasteiger partial charge on any atom is -0.465 e. The average Bonchev–Trinajstić information content (AvgIpc) is 2.64. The summed E-state index contributed by atoms with van der Waals surface area (Å²) in [4.78, 5) is 24.0. The highest BCUT2D eigenvalue weighted by Gasteiger charge is 2.52. The van der Waals surface area contributed by atoms with Crippen molar-refractivity contribution in [3.63, 3.8) is 0 Å². The highest BCUT2D eigenvalue weighted by Crippen LogP contribution is 2.36. The van der Waals surface area contributed by atoms with E-state index in [-0.39, 0.29) is 5.56 Å². The lowest BCUT2D eigenvalue weighted by atomic mass is 9.77. The minimum atomic E-state index is -0.668. The monoisotopic (exact) mass is 307 g/mol. The second kappa shape index (κ2) is 5.24. The van der Waals surface area contributed by atoms with E-state index < -0.39 is 29.8 Å². The third-order valence-corrected chi connectivity index (χ3v) is 4.67. The number of carbonyl (C=O) groups is 1. The van der Waals surface area contributed by atoms with Crippen molar-refractivity contribution in [2.24, 2.45) is 7.05 Å². The van der Waals surface area contributed by atoms with Crippen LogP contribution >= 0.6 is 0 Å². The lowest BCUT2D eigenvalue weighted by Crippen LogP contribution is -2.42. The molecule has 1 aliphatic heterocycles. The SMILES string of the molecule is COC(=O)c1cc(B2OC(C)(C)C(C)(C)O2)c(C)n(C)c1=O. The first-order chi connectivity index (χ1) is 10.0. The number of methoxy groups -OCH3 is 1. The molecule has 1 saturated heterocycles. The Hall–Kier alpha value is -1.60. The molecule has 7 heteroatoms. The van der Waals surface area contributed by atoms with E-state index in [0.29, 0.717) is 11.2 Å². The second-order valence-electron chi connectivity index (χ2n) is 6.54. The van der Waals surface area contributed by atoms with E-state index in [9.17, 15) is 9.59 Å². The van der Waals surface area contributed by atoms with Gasteiger partial charge in [0.05, 0.1) is 18.3 Å². The van der Waals surface area contributed by atoms with Crippen molar-refractivity contribution < 1.29 is 18.8 Å². The molecule has 1 fully saturated rings. The Balaban J connectivity index is 2.56. The fourth-order valence-corrected chi connectivity index (χ4v) is 2.31. The molecule has 0 bridgehead atoms. The molecular formula is C15H22BNO5. The summed E-state index contributed by atoms with van der Waals surface area (Å²) in [5.41, 5.74) is -0.0728. The van der Waals surface area contributed by atoms with Crippen LogP contribution in [0.15, 0.2) is 10.9 Å². The molecule has 1 aromatic heterocycles. The second-order valence-corrected chi connectivity index (χ2v) is 6.54. The number of hydrogen-bond donors (Lipinski definition) is 0. The predicted octanol–water partition coefficient (Wildman–Crippen LogP) is 0.780. The van der Waals surface area contributed by atoms with Crippen LogP contribution < -0.4 is 11.0 Å². The lowest BCUT2D eigenvalue weighted by molar-refractivity contribution is 0.00578. The molecule has 0 aliphatic carbocycles. The van der Waals surface area contributed by atoms with Crippen LogP contribution in [0.5, 0.6) is 0 Å². The van der Waals surface area contributed by atoms with Gasteiger partial charge >= 0.3 is 13.1 Å². The van der Waals surface area contributed by atoms with Gasteiger partial charge in [-0.05, 0) is 40.7 Å². The summed E-state index contributed by atoms with van der Waals surface area (Å²) in [7, 11) is 2.22. The van der Waals surface area contributed by atoms with Crippen LogP contribution in [0.3, 0.4) is 0 Å². The minimum absolute atomic E-state index is 0.0275. The van der Waals surface area contributed by atoms with Gasteiger partial charge in [0, 0.05) is 18.2 Å². The molecule has 6 nitrogen and oxygen atoms in total. The summed E-state index contributed by atoms with van der Waals surface area (Å²) in [6, 6.07) is 1.51. The predicted molar refractivity (Wildman–Crippen MR) is 83.5 cm³/mol. The summed E-state index contributed by atoms with van der Waals surface area (Å²) < 4.78 is 18.1. The lowest BCUT2D eigenvalue weighted by Gasteiger charge is -2.32. The van der Waals surface area contributed by atoms with Crippen molar-refractivity contribution in [2.45, 2.75) is 45.8 Å². The maximum Gasteiger partial charge on any atom is 0.496 e. The van der Waals surface area contributed by atoms with Crippen molar-refractivity contribution >= 4 is 18.6 Å². The maximum absolute atomic E-state index is 12.2. The molecule has 1 aliphatic rings. The third-order valence-electron chi connectivity index (χ3n) is 4.67. The van der Waals surface area contributed by atoms with Gasteiger partial charge in [-0.1, -0.05) is 0 Å². The largest absolute Gasteiger partial charge is 0.496 e. The van der Waals surface area contributed by atoms with Gasteiger partial charge in [0.1, 0.15) is 5.56 Å². The molecule has 2 heterocycles. The fourth-order valence-electron chi connectivity index (χ4n) is 2.31. The number of aromatic nitrogens is 1. The van der Waals surface area contributed by atoms with Crippen molar-refractivity contribution in [2.75, 3.05) is 7.11 Å². The zero-order valence-corrected chi connectivity index (χ0v) is 14.1. The number of hydrogen-bond acceptors (Lipinski definition) is 5. The number of ether oxygens (including phenoxy) is 1. The topological polar surface area (TPSA) is 66.8 Å². The van der Waals surface area contributed by atoms with E-state index in [0.717, 1.165) is 0 Å². The molecule has 120 valence electrons. The summed E-state index contributed by atoms with van der Waals surface area (Å²) in [5, 5.41) is 0. The van der Waals surface area contributed by atoms with Crippen LogP contribution in [0.1, 0.15) is 43.7 Å². The van der Waals surface area contributed by atoms with Crippen molar-refractivity contribution in [3.05, 3.63) is 27.7 Å². The smallest absolute Gasteiger partial charge is 0.465 e. The molecule has 1 aromatic rings. The van der Waals surface area contributed by atoms with Gasteiger partial charge in [-0.25, -0.2) is 4.79 Å². The number of carbonyl (C=O) groups excluding carboxylic acids is 1. The number of nitrogens with zero attached hydrogens (tertiary/aromatic N) is 1. The summed E-state index contributed by atoms with van der Waals surface area (Å²) >= 11 is 0. The number of rotatable bonds is 2. The quantitative estimate of drug-likeness (QED) is 0.597. The van der Waals surface area contributed by atoms with Gasteiger partial charge < -0.3 is 18.6 Å². The highest BCUT2D eigenvalue weighted by molar-refractivity contribution is 6.62. The van der Waals surface area contributed by atoms with Gasteiger partial charge in [-0.15, -0.1) is 0 Å². The maximum atomic E-state index is 12.2. The fraction of sp³-hybridized carbons (Fsp3) is 0.600. The van der Waals surface area contributed by atoms with Crippen LogP contribution in [0.25, 0.3) is 0 Å². The molecule has 0 N–H and O–H groups in total. The Labute approximate surface area is 130 Å². The Morgan fingerprint density at radius 3 is 2.18 bits per heavy atom. The standard InChI is InChI=1S/C15H22BNO5/c1-9-11(16-21-14(2,3)15(4,5)22-16)8-10(13(19)20-7)12(18)17(9)6/h8H,1-7H3. The van der Waals surface area contributed by atoms with Crippen LogP contribution in [0.4, 0.5) is 0 Å². The van der Waals surface area contributed by atoms with Crippen LogP contribution in [-0.2, 0) is 21.1 Å². The van der Waals surface area contributed by atoms with E-state index >= 15 is 0 Å². The first-order valence-electron chi connectivity index (χ1n) is 7.16. The van der Waals surface area contributed by atoms with Crippen LogP contribution in [-0.4, -0.2) is 36.0 Å². The Morgan fingerprint density at radius 2 is 1.73 bits per heavy atom. The van der Waals surface area contributed by atoms with E-state index in [1.54, 1.807) is 14.0 Å². The molecule has 0 unspecified atom stereocenters. The van der Waals surface area contributed by atoms with E-state index in [2.05, 4.69) is 4.74 Å². The Bertz CT molecular complexity index is 661. The first-order valence-corrected chi connectivity index (χ1v) is 7.16.